The molecule has 0 radical (unpaired) electrons. The molecule has 1 aromatic carbocycles. The molecule has 1 aromatic rings. The van der Waals surface area contributed by atoms with E-state index >= 15 is 0 Å². The molecule has 4 amide bonds. The van der Waals surface area contributed by atoms with Gasteiger partial charge in [0.1, 0.15) is 17.7 Å². The number of nitrogens with two attached hydrogens (primary N) is 1. The molecule has 2 rings (SSSR count). The zero-order valence-corrected chi connectivity index (χ0v) is 22.6. The number of carbonyl (C=O) groups excluding carboxylic acids is 4. The van der Waals surface area contributed by atoms with Gasteiger partial charge < -0.3 is 26.0 Å². The van der Waals surface area contributed by atoms with Crippen LogP contribution in [0.15, 0.2) is 18.2 Å². The first-order valence-corrected chi connectivity index (χ1v) is 12.7. The monoisotopic (exact) mass is 502 g/mol. The van der Waals surface area contributed by atoms with Crippen molar-refractivity contribution in [3.05, 3.63) is 34.9 Å². The molecule has 0 aromatic heterocycles. The molecular formula is C27H42N4O5. The highest BCUT2D eigenvalue weighted by Gasteiger charge is 2.45. The molecule has 0 spiro atoms. The maximum Gasteiger partial charge on any atom is 0.408 e. The molecule has 1 aliphatic carbocycles. The Kier molecular flexibility index (Phi) is 9.90. The number of nitrogens with one attached hydrogen (secondary N) is 2. The molecule has 1 saturated carbocycles. The molecule has 1 aliphatic rings. The molecular weight excluding hydrogens is 460 g/mol. The molecule has 9 nitrogen and oxygen atoms in total. The van der Waals surface area contributed by atoms with Gasteiger partial charge in [-0.2, -0.15) is 0 Å². The predicted octanol–water partition coefficient (Wildman–Crippen LogP) is 3.41. The van der Waals surface area contributed by atoms with Crippen LogP contribution in [0.4, 0.5) is 4.79 Å². The van der Waals surface area contributed by atoms with Crippen LogP contribution in [0.1, 0.15) is 89.5 Å². The van der Waals surface area contributed by atoms with Crippen LogP contribution in [0.3, 0.4) is 0 Å². The van der Waals surface area contributed by atoms with Crippen molar-refractivity contribution in [3.63, 3.8) is 0 Å². The normalized spacial score (nSPS) is 15.9. The van der Waals surface area contributed by atoms with E-state index in [1.807, 2.05) is 45.9 Å². The number of hydrogen-bond acceptors (Lipinski definition) is 5. The highest BCUT2D eigenvalue weighted by atomic mass is 16.6. The zero-order chi connectivity index (χ0) is 27.2. The first-order chi connectivity index (χ1) is 16.7. The van der Waals surface area contributed by atoms with E-state index in [0.717, 1.165) is 36.8 Å². The number of nitrogens with zero attached hydrogens (tertiary/aromatic N) is 1. The number of alkyl carbamates (subject to hydrolysis) is 1. The fourth-order valence-electron chi connectivity index (χ4n) is 4.28. The highest BCUT2D eigenvalue weighted by molar-refractivity contribution is 5.95. The molecule has 0 saturated heterocycles. The highest BCUT2D eigenvalue weighted by Crippen LogP contribution is 2.37. The number of amides is 4. The summed E-state index contributed by atoms with van der Waals surface area (Å²) in [6, 6.07) is 3.31. The van der Waals surface area contributed by atoms with Gasteiger partial charge >= 0.3 is 6.09 Å². The second-order valence-electron chi connectivity index (χ2n) is 10.8. The van der Waals surface area contributed by atoms with E-state index in [-0.39, 0.29) is 18.0 Å². The Balaban J connectivity index is 2.49. The van der Waals surface area contributed by atoms with Crippen molar-refractivity contribution in [2.45, 2.75) is 110 Å². The lowest BCUT2D eigenvalue weighted by atomic mass is 9.95. The van der Waals surface area contributed by atoms with E-state index in [1.54, 1.807) is 20.8 Å². The van der Waals surface area contributed by atoms with Crippen LogP contribution in [0.2, 0.25) is 0 Å². The van der Waals surface area contributed by atoms with E-state index in [4.69, 9.17) is 10.5 Å². The minimum atomic E-state index is -1.26. The van der Waals surface area contributed by atoms with Gasteiger partial charge in [0.15, 0.2) is 0 Å². The van der Waals surface area contributed by atoms with Crippen molar-refractivity contribution >= 4 is 23.8 Å². The number of ether oxygens (including phenoxy) is 1. The summed E-state index contributed by atoms with van der Waals surface area (Å²) in [4.78, 5) is 53.5. The van der Waals surface area contributed by atoms with Crippen LogP contribution in [0.25, 0.3) is 0 Å². The van der Waals surface area contributed by atoms with Gasteiger partial charge in [-0.15, -0.1) is 0 Å². The van der Waals surface area contributed by atoms with Crippen molar-refractivity contribution in [2.75, 3.05) is 0 Å². The van der Waals surface area contributed by atoms with Crippen molar-refractivity contribution in [1.82, 2.24) is 15.5 Å². The summed E-state index contributed by atoms with van der Waals surface area (Å²) in [5, 5.41) is 5.57. The number of carbonyl (C=O) groups is 4. The van der Waals surface area contributed by atoms with Crippen LogP contribution in [-0.2, 0) is 19.1 Å². The van der Waals surface area contributed by atoms with E-state index in [0.29, 0.717) is 5.56 Å². The van der Waals surface area contributed by atoms with Crippen LogP contribution < -0.4 is 16.4 Å². The number of primary amides is 1. The van der Waals surface area contributed by atoms with Gasteiger partial charge in [0.05, 0.1) is 6.42 Å². The lowest BCUT2D eigenvalue weighted by molar-refractivity contribution is -0.144. The Labute approximate surface area is 214 Å². The summed E-state index contributed by atoms with van der Waals surface area (Å²) in [6.07, 6.45) is 1.91. The average Bonchev–Trinajstić information content (AvgIpc) is 3.55. The summed E-state index contributed by atoms with van der Waals surface area (Å²) < 4.78 is 5.31. The molecule has 36 heavy (non-hydrogen) atoms. The van der Waals surface area contributed by atoms with Gasteiger partial charge in [-0.3, -0.25) is 14.4 Å². The molecule has 1 fully saturated rings. The Morgan fingerprint density at radius 1 is 1.14 bits per heavy atom. The van der Waals surface area contributed by atoms with Crippen molar-refractivity contribution in [1.29, 1.82) is 0 Å². The third-order valence-corrected chi connectivity index (χ3v) is 5.95. The fourth-order valence-corrected chi connectivity index (χ4v) is 4.28. The second-order valence-corrected chi connectivity index (χ2v) is 10.8. The predicted molar refractivity (Wildman–Crippen MR) is 138 cm³/mol. The average molecular weight is 503 g/mol. The SMILES string of the molecule is CCCC(C)NC(=O)C(c1ccc(C)cc1C)N(C(=O)C(CC(N)=O)NC(=O)OC(C)(C)C)C1CC1. The van der Waals surface area contributed by atoms with Gasteiger partial charge in [0, 0.05) is 12.1 Å². The minimum Gasteiger partial charge on any atom is -0.444 e. The summed E-state index contributed by atoms with van der Waals surface area (Å²) >= 11 is 0. The molecule has 0 bridgehead atoms. The Morgan fingerprint density at radius 3 is 2.28 bits per heavy atom. The van der Waals surface area contributed by atoms with Gasteiger partial charge in [0.2, 0.25) is 17.7 Å². The summed E-state index contributed by atoms with van der Waals surface area (Å²) in [5.74, 6) is -1.58. The topological polar surface area (TPSA) is 131 Å². The maximum absolute atomic E-state index is 13.9. The van der Waals surface area contributed by atoms with Crippen LogP contribution in [0, 0.1) is 13.8 Å². The van der Waals surface area contributed by atoms with Gasteiger partial charge in [-0.05, 0) is 71.9 Å². The lowest BCUT2D eigenvalue weighted by Gasteiger charge is -2.35. The Bertz CT molecular complexity index is 967. The molecule has 9 heteroatoms. The third kappa shape index (κ3) is 8.53. The van der Waals surface area contributed by atoms with E-state index in [9.17, 15) is 19.2 Å². The van der Waals surface area contributed by atoms with Crippen molar-refractivity contribution in [3.8, 4) is 0 Å². The summed E-state index contributed by atoms with van der Waals surface area (Å²) in [6.45, 7) is 13.0. The molecule has 0 aliphatic heterocycles. The number of rotatable bonds is 11. The van der Waals surface area contributed by atoms with E-state index in [2.05, 4.69) is 10.6 Å². The fraction of sp³-hybridized carbons (Fsp3) is 0.630. The van der Waals surface area contributed by atoms with Crippen molar-refractivity contribution < 1.29 is 23.9 Å². The second kappa shape index (κ2) is 12.2. The Morgan fingerprint density at radius 2 is 1.78 bits per heavy atom. The molecule has 3 atom stereocenters. The largest absolute Gasteiger partial charge is 0.444 e. The zero-order valence-electron chi connectivity index (χ0n) is 22.6. The smallest absolute Gasteiger partial charge is 0.408 e. The van der Waals surface area contributed by atoms with Crippen LogP contribution in [-0.4, -0.2) is 52.4 Å². The quantitative estimate of drug-likeness (QED) is 0.427. The molecule has 200 valence electrons. The number of benzene rings is 1. The summed E-state index contributed by atoms with van der Waals surface area (Å²) in [5.41, 5.74) is 7.26. The Hall–Kier alpha value is -3.10. The number of aryl methyl sites for hydroxylation is 2. The lowest BCUT2D eigenvalue weighted by Crippen LogP contribution is -2.55. The number of hydrogen-bond donors (Lipinski definition) is 3. The summed E-state index contributed by atoms with van der Waals surface area (Å²) in [7, 11) is 0. The standard InChI is InChI=1S/C27H42N4O5/c1-8-9-18(4)29-24(33)23(20-13-10-16(2)14-17(20)3)31(19-11-12-19)25(34)21(15-22(28)32)30-26(35)36-27(5,6)7/h10,13-14,18-19,21,23H,8-9,11-12,15H2,1-7H3,(H2,28,32)(H,29,33)(H,30,35). The van der Waals surface area contributed by atoms with Gasteiger partial charge in [-0.1, -0.05) is 37.1 Å². The van der Waals surface area contributed by atoms with Crippen molar-refractivity contribution in [2.24, 2.45) is 5.73 Å². The molecule has 4 N–H and O–H groups in total. The van der Waals surface area contributed by atoms with Gasteiger partial charge in [-0.25, -0.2) is 4.79 Å². The maximum atomic E-state index is 13.9. The minimum absolute atomic E-state index is 0.0757. The molecule has 3 unspecified atom stereocenters. The van der Waals surface area contributed by atoms with Crippen LogP contribution >= 0.6 is 0 Å². The van der Waals surface area contributed by atoms with E-state index < -0.39 is 42.0 Å². The van der Waals surface area contributed by atoms with Gasteiger partial charge in [0.25, 0.3) is 0 Å². The molecule has 0 heterocycles. The third-order valence-electron chi connectivity index (χ3n) is 5.95. The first kappa shape index (κ1) is 29.1. The van der Waals surface area contributed by atoms with Crippen LogP contribution in [0.5, 0.6) is 0 Å². The van der Waals surface area contributed by atoms with E-state index in [1.165, 1.54) is 4.90 Å². The first-order valence-electron chi connectivity index (χ1n) is 12.7.